The lowest BCUT2D eigenvalue weighted by Gasteiger charge is -2.11. The standard InChI is InChI=1S/C14H20FN3/c1-17(2)10-7-16-8-11-18-9-6-12-13(15)4-3-5-14(12)18/h3-6,9,16H,7-8,10-11H2,1-2H3. The zero-order chi connectivity index (χ0) is 13.0. The fourth-order valence-corrected chi connectivity index (χ4v) is 2.01. The Morgan fingerprint density at radius 3 is 2.83 bits per heavy atom. The second-order valence-corrected chi connectivity index (χ2v) is 4.74. The number of hydrogen-bond acceptors (Lipinski definition) is 2. The fourth-order valence-electron chi connectivity index (χ4n) is 2.01. The van der Waals surface area contributed by atoms with Gasteiger partial charge in [0.1, 0.15) is 5.82 Å². The maximum absolute atomic E-state index is 13.5. The van der Waals surface area contributed by atoms with Gasteiger partial charge in [0.05, 0.1) is 5.52 Å². The second kappa shape index (κ2) is 5.98. The molecule has 0 atom stereocenters. The molecule has 0 radical (unpaired) electrons. The number of hydrogen-bond donors (Lipinski definition) is 1. The summed E-state index contributed by atoms with van der Waals surface area (Å²) in [7, 11) is 4.12. The van der Waals surface area contributed by atoms with Crippen LogP contribution in [-0.2, 0) is 6.54 Å². The number of likely N-dealkylation sites (N-methyl/N-ethyl adjacent to an activating group) is 1. The minimum Gasteiger partial charge on any atom is -0.346 e. The van der Waals surface area contributed by atoms with E-state index in [1.54, 1.807) is 6.07 Å². The fraction of sp³-hybridized carbons (Fsp3) is 0.429. The maximum atomic E-state index is 13.5. The van der Waals surface area contributed by atoms with Gasteiger partial charge in [0.2, 0.25) is 0 Å². The quantitative estimate of drug-likeness (QED) is 0.789. The van der Waals surface area contributed by atoms with Gasteiger partial charge < -0.3 is 14.8 Å². The molecule has 0 fully saturated rings. The molecule has 0 amide bonds. The van der Waals surface area contributed by atoms with Crippen molar-refractivity contribution in [1.29, 1.82) is 0 Å². The molecule has 4 heteroatoms. The molecule has 3 nitrogen and oxygen atoms in total. The number of aromatic nitrogens is 1. The van der Waals surface area contributed by atoms with E-state index in [1.807, 2.05) is 18.3 Å². The summed E-state index contributed by atoms with van der Waals surface area (Å²) in [5.74, 6) is -0.146. The summed E-state index contributed by atoms with van der Waals surface area (Å²) < 4.78 is 15.6. The van der Waals surface area contributed by atoms with Crippen molar-refractivity contribution in [2.45, 2.75) is 6.54 Å². The van der Waals surface area contributed by atoms with Crippen LogP contribution in [0.4, 0.5) is 4.39 Å². The first-order valence-corrected chi connectivity index (χ1v) is 6.27. The summed E-state index contributed by atoms with van der Waals surface area (Å²) in [5, 5.41) is 4.08. The van der Waals surface area contributed by atoms with Crippen LogP contribution in [0, 0.1) is 5.82 Å². The molecule has 1 N–H and O–H groups in total. The number of benzene rings is 1. The summed E-state index contributed by atoms with van der Waals surface area (Å²) >= 11 is 0. The summed E-state index contributed by atoms with van der Waals surface area (Å²) in [5.41, 5.74) is 0.962. The lowest BCUT2D eigenvalue weighted by Crippen LogP contribution is -2.28. The number of halogens is 1. The van der Waals surface area contributed by atoms with Crippen LogP contribution in [0.2, 0.25) is 0 Å². The number of nitrogens with one attached hydrogen (secondary N) is 1. The van der Waals surface area contributed by atoms with Crippen molar-refractivity contribution in [2.24, 2.45) is 0 Å². The van der Waals surface area contributed by atoms with Crippen LogP contribution < -0.4 is 5.32 Å². The van der Waals surface area contributed by atoms with Gasteiger partial charge in [-0.1, -0.05) is 6.07 Å². The molecule has 0 aliphatic heterocycles. The van der Waals surface area contributed by atoms with E-state index in [1.165, 1.54) is 6.07 Å². The Kier molecular flexibility index (Phi) is 4.33. The summed E-state index contributed by atoms with van der Waals surface area (Å²) in [6.07, 6.45) is 1.95. The van der Waals surface area contributed by atoms with Gasteiger partial charge in [-0.2, -0.15) is 0 Å². The smallest absolute Gasteiger partial charge is 0.132 e. The van der Waals surface area contributed by atoms with E-state index in [-0.39, 0.29) is 5.82 Å². The molecule has 0 saturated heterocycles. The van der Waals surface area contributed by atoms with Gasteiger partial charge in [-0.25, -0.2) is 4.39 Å². The molecule has 2 rings (SSSR count). The van der Waals surface area contributed by atoms with Gasteiger partial charge in [0, 0.05) is 37.8 Å². The largest absolute Gasteiger partial charge is 0.346 e. The Morgan fingerprint density at radius 2 is 2.06 bits per heavy atom. The third-order valence-electron chi connectivity index (χ3n) is 3.03. The van der Waals surface area contributed by atoms with Crippen LogP contribution in [0.1, 0.15) is 0 Å². The lowest BCUT2D eigenvalue weighted by molar-refractivity contribution is 0.398. The third kappa shape index (κ3) is 3.09. The van der Waals surface area contributed by atoms with Crippen LogP contribution in [0.25, 0.3) is 10.9 Å². The average Bonchev–Trinajstić information content (AvgIpc) is 2.73. The molecule has 0 bridgehead atoms. The van der Waals surface area contributed by atoms with Crippen molar-refractivity contribution in [3.8, 4) is 0 Å². The molecule has 98 valence electrons. The van der Waals surface area contributed by atoms with Crippen molar-refractivity contribution >= 4 is 10.9 Å². The molecule has 0 spiro atoms. The van der Waals surface area contributed by atoms with Gasteiger partial charge in [0.25, 0.3) is 0 Å². The highest BCUT2D eigenvalue weighted by Gasteiger charge is 2.04. The van der Waals surface area contributed by atoms with Crippen LogP contribution in [0.3, 0.4) is 0 Å². The van der Waals surface area contributed by atoms with Gasteiger partial charge in [-0.15, -0.1) is 0 Å². The van der Waals surface area contributed by atoms with Crippen molar-refractivity contribution in [3.63, 3.8) is 0 Å². The van der Waals surface area contributed by atoms with Crippen LogP contribution >= 0.6 is 0 Å². The normalized spacial score (nSPS) is 11.6. The highest BCUT2D eigenvalue weighted by atomic mass is 19.1. The molecule has 0 aliphatic carbocycles. The molecule has 0 saturated carbocycles. The van der Waals surface area contributed by atoms with E-state index in [2.05, 4.69) is 28.9 Å². The monoisotopic (exact) mass is 249 g/mol. The first-order valence-electron chi connectivity index (χ1n) is 6.27. The number of nitrogens with zero attached hydrogens (tertiary/aromatic N) is 2. The molecule has 0 unspecified atom stereocenters. The van der Waals surface area contributed by atoms with Crippen LogP contribution in [0.15, 0.2) is 30.5 Å². The lowest BCUT2D eigenvalue weighted by atomic mass is 10.2. The van der Waals surface area contributed by atoms with Crippen molar-refractivity contribution in [1.82, 2.24) is 14.8 Å². The minimum atomic E-state index is -0.146. The zero-order valence-corrected chi connectivity index (χ0v) is 11.0. The average molecular weight is 249 g/mol. The first kappa shape index (κ1) is 13.1. The predicted octanol–water partition coefficient (Wildman–Crippen LogP) is 1.93. The SMILES string of the molecule is CN(C)CCNCCn1ccc2c(F)cccc21. The maximum Gasteiger partial charge on any atom is 0.132 e. The van der Waals surface area contributed by atoms with E-state index < -0.39 is 0 Å². The molecule has 18 heavy (non-hydrogen) atoms. The number of fused-ring (bicyclic) bond motifs is 1. The summed E-state index contributed by atoms with van der Waals surface area (Å²) in [4.78, 5) is 2.15. The van der Waals surface area contributed by atoms with E-state index in [0.29, 0.717) is 5.39 Å². The Bertz CT molecular complexity index is 505. The second-order valence-electron chi connectivity index (χ2n) is 4.74. The van der Waals surface area contributed by atoms with Gasteiger partial charge >= 0.3 is 0 Å². The van der Waals surface area contributed by atoms with Crippen molar-refractivity contribution in [3.05, 3.63) is 36.3 Å². The van der Waals surface area contributed by atoms with Gasteiger partial charge in [-0.3, -0.25) is 0 Å². The van der Waals surface area contributed by atoms with Crippen LogP contribution in [-0.4, -0.2) is 43.2 Å². The van der Waals surface area contributed by atoms with Crippen molar-refractivity contribution in [2.75, 3.05) is 33.7 Å². The molecule has 1 aromatic carbocycles. The minimum absolute atomic E-state index is 0.146. The van der Waals surface area contributed by atoms with E-state index in [4.69, 9.17) is 0 Å². The highest BCUT2D eigenvalue weighted by molar-refractivity contribution is 5.80. The Morgan fingerprint density at radius 1 is 1.22 bits per heavy atom. The topological polar surface area (TPSA) is 20.2 Å². The van der Waals surface area contributed by atoms with E-state index in [9.17, 15) is 4.39 Å². The highest BCUT2D eigenvalue weighted by Crippen LogP contribution is 2.18. The van der Waals surface area contributed by atoms with Gasteiger partial charge in [0.15, 0.2) is 0 Å². The molecular formula is C14H20FN3. The van der Waals surface area contributed by atoms with E-state index in [0.717, 1.165) is 31.7 Å². The predicted molar refractivity (Wildman–Crippen MR) is 73.3 cm³/mol. The molecule has 2 aromatic rings. The van der Waals surface area contributed by atoms with Gasteiger partial charge in [-0.05, 0) is 32.3 Å². The van der Waals surface area contributed by atoms with Crippen molar-refractivity contribution < 1.29 is 4.39 Å². The zero-order valence-electron chi connectivity index (χ0n) is 11.0. The van der Waals surface area contributed by atoms with E-state index >= 15 is 0 Å². The summed E-state index contributed by atoms with van der Waals surface area (Å²) in [6, 6.07) is 7.05. The summed E-state index contributed by atoms with van der Waals surface area (Å²) in [6.45, 7) is 3.76. The first-order chi connectivity index (χ1) is 8.68. The Balaban J connectivity index is 1.90. The Labute approximate surface area is 107 Å². The molecule has 0 aliphatic rings. The molecular weight excluding hydrogens is 229 g/mol. The van der Waals surface area contributed by atoms with Crippen LogP contribution in [0.5, 0.6) is 0 Å². The Hall–Kier alpha value is -1.39. The third-order valence-corrected chi connectivity index (χ3v) is 3.03. The molecule has 1 aromatic heterocycles. The molecule has 1 heterocycles. The number of rotatable bonds is 6.